The van der Waals surface area contributed by atoms with Crippen molar-refractivity contribution in [3.05, 3.63) is 57.0 Å². The van der Waals surface area contributed by atoms with Crippen molar-refractivity contribution >= 4 is 23.2 Å². The molecule has 0 aliphatic carbocycles. The Morgan fingerprint density at radius 2 is 1.72 bits per heavy atom. The van der Waals surface area contributed by atoms with Crippen LogP contribution in [0.5, 0.6) is 0 Å². The molecule has 2 aliphatic heterocycles. The summed E-state index contributed by atoms with van der Waals surface area (Å²) in [4.78, 5) is 33.8. The van der Waals surface area contributed by atoms with E-state index in [1.165, 1.54) is 29.1 Å². The molecule has 154 valence electrons. The molecule has 2 aliphatic rings. The molecule has 0 unspecified atom stereocenters. The molecule has 0 atom stereocenters. The number of rotatable bonds is 4. The van der Waals surface area contributed by atoms with E-state index in [0.717, 1.165) is 56.0 Å². The fourth-order valence-electron chi connectivity index (χ4n) is 4.03. The number of hydrogen-bond donors (Lipinski definition) is 0. The predicted molar refractivity (Wildman–Crippen MR) is 112 cm³/mol. The van der Waals surface area contributed by atoms with Gasteiger partial charge in [-0.25, -0.2) is 4.39 Å². The largest absolute Gasteiger partial charge is 0.335 e. The van der Waals surface area contributed by atoms with Crippen molar-refractivity contribution in [2.24, 2.45) is 0 Å². The number of thiophene rings is 1. The Bertz CT molecular complexity index is 888. The van der Waals surface area contributed by atoms with Gasteiger partial charge in [0.15, 0.2) is 0 Å². The number of carbonyl (C=O) groups is 2. The summed E-state index contributed by atoms with van der Waals surface area (Å²) in [5.74, 6) is -0.335. The SMILES string of the molecule is CCCN1CCN(C(=O)c2cc3c(s2)CCN(C(=O)c2ccc(F)cc2)C3)CC1. The van der Waals surface area contributed by atoms with Crippen LogP contribution in [0, 0.1) is 5.82 Å². The second kappa shape index (κ2) is 8.63. The van der Waals surface area contributed by atoms with E-state index in [0.29, 0.717) is 18.7 Å². The Labute approximate surface area is 174 Å². The van der Waals surface area contributed by atoms with Crippen molar-refractivity contribution in [1.29, 1.82) is 0 Å². The molecular weight excluding hydrogens is 389 g/mol. The van der Waals surface area contributed by atoms with E-state index in [1.807, 2.05) is 11.0 Å². The quantitative estimate of drug-likeness (QED) is 0.770. The van der Waals surface area contributed by atoms with Crippen molar-refractivity contribution in [3.8, 4) is 0 Å². The number of benzene rings is 1. The second-order valence-electron chi connectivity index (χ2n) is 7.68. The molecule has 3 heterocycles. The van der Waals surface area contributed by atoms with E-state index in [1.54, 1.807) is 16.2 Å². The second-order valence-corrected chi connectivity index (χ2v) is 8.81. The Kier molecular flexibility index (Phi) is 5.96. The molecule has 0 saturated carbocycles. The Morgan fingerprint density at radius 3 is 2.41 bits per heavy atom. The van der Waals surface area contributed by atoms with Crippen LogP contribution in [0.15, 0.2) is 30.3 Å². The first kappa shape index (κ1) is 20.0. The monoisotopic (exact) mass is 415 g/mol. The maximum atomic E-state index is 13.1. The lowest BCUT2D eigenvalue weighted by Crippen LogP contribution is -2.48. The minimum absolute atomic E-state index is 0.0956. The lowest BCUT2D eigenvalue weighted by atomic mass is 10.1. The van der Waals surface area contributed by atoms with Crippen molar-refractivity contribution < 1.29 is 14.0 Å². The molecular formula is C22H26FN3O2S. The third kappa shape index (κ3) is 4.36. The maximum absolute atomic E-state index is 13.1. The van der Waals surface area contributed by atoms with Crippen LogP contribution in [0.1, 0.15) is 43.8 Å². The standard InChI is InChI=1S/C22H26FN3O2S/c1-2-8-24-10-12-25(13-11-24)22(28)20-14-17-15-26(9-7-19(17)29-20)21(27)16-3-5-18(23)6-4-16/h3-6,14H,2,7-13,15H2,1H3. The number of nitrogens with zero attached hydrogens (tertiary/aromatic N) is 3. The van der Waals surface area contributed by atoms with Gasteiger partial charge in [0.25, 0.3) is 11.8 Å². The van der Waals surface area contributed by atoms with Crippen LogP contribution in [0.2, 0.25) is 0 Å². The van der Waals surface area contributed by atoms with Gasteiger partial charge in [-0.05, 0) is 55.3 Å². The highest BCUT2D eigenvalue weighted by Crippen LogP contribution is 2.30. The summed E-state index contributed by atoms with van der Waals surface area (Å²) < 4.78 is 13.1. The van der Waals surface area contributed by atoms with Crippen LogP contribution in [-0.4, -0.2) is 65.8 Å². The lowest BCUT2D eigenvalue weighted by molar-refractivity contribution is 0.0642. The van der Waals surface area contributed by atoms with E-state index < -0.39 is 0 Å². The van der Waals surface area contributed by atoms with E-state index in [4.69, 9.17) is 0 Å². The van der Waals surface area contributed by atoms with Crippen molar-refractivity contribution in [2.45, 2.75) is 26.3 Å². The summed E-state index contributed by atoms with van der Waals surface area (Å²) in [6, 6.07) is 7.63. The van der Waals surface area contributed by atoms with Crippen LogP contribution in [0.25, 0.3) is 0 Å². The van der Waals surface area contributed by atoms with Crippen LogP contribution in [0.3, 0.4) is 0 Å². The molecule has 0 N–H and O–H groups in total. The van der Waals surface area contributed by atoms with Crippen LogP contribution in [0.4, 0.5) is 4.39 Å². The van der Waals surface area contributed by atoms with Crippen LogP contribution < -0.4 is 0 Å². The Morgan fingerprint density at radius 1 is 1.00 bits per heavy atom. The molecule has 4 rings (SSSR count). The molecule has 0 radical (unpaired) electrons. The molecule has 2 amide bonds. The number of amides is 2. The third-order valence-corrected chi connectivity index (χ3v) is 6.88. The lowest BCUT2D eigenvalue weighted by Gasteiger charge is -2.34. The summed E-state index contributed by atoms with van der Waals surface area (Å²) in [6.07, 6.45) is 1.89. The molecule has 0 spiro atoms. The van der Waals surface area contributed by atoms with E-state index in [9.17, 15) is 14.0 Å². The highest BCUT2D eigenvalue weighted by molar-refractivity contribution is 7.14. The van der Waals surface area contributed by atoms with Gasteiger partial charge in [0.1, 0.15) is 5.82 Å². The molecule has 7 heteroatoms. The molecule has 29 heavy (non-hydrogen) atoms. The predicted octanol–water partition coefficient (Wildman–Crippen LogP) is 3.25. The molecule has 1 saturated heterocycles. The highest BCUT2D eigenvalue weighted by Gasteiger charge is 2.28. The first-order valence-corrected chi connectivity index (χ1v) is 11.0. The van der Waals surface area contributed by atoms with Gasteiger partial charge < -0.3 is 9.80 Å². The van der Waals surface area contributed by atoms with Crippen LogP contribution >= 0.6 is 11.3 Å². The maximum Gasteiger partial charge on any atom is 0.264 e. The fraction of sp³-hybridized carbons (Fsp3) is 0.455. The molecule has 5 nitrogen and oxygen atoms in total. The number of carbonyl (C=O) groups excluding carboxylic acids is 2. The summed E-state index contributed by atoms with van der Waals surface area (Å²) in [5, 5.41) is 0. The first-order valence-electron chi connectivity index (χ1n) is 10.2. The van der Waals surface area contributed by atoms with Gasteiger partial charge in [-0.1, -0.05) is 6.92 Å². The van der Waals surface area contributed by atoms with E-state index >= 15 is 0 Å². The van der Waals surface area contributed by atoms with E-state index in [-0.39, 0.29) is 17.6 Å². The fourth-order valence-corrected chi connectivity index (χ4v) is 5.16. The van der Waals surface area contributed by atoms with Gasteiger partial charge in [-0.2, -0.15) is 0 Å². The molecule has 2 aromatic rings. The summed E-state index contributed by atoms with van der Waals surface area (Å²) in [6.45, 7) is 7.81. The molecule has 1 aromatic carbocycles. The number of hydrogen-bond acceptors (Lipinski definition) is 4. The summed E-state index contributed by atoms with van der Waals surface area (Å²) in [7, 11) is 0. The average molecular weight is 416 g/mol. The normalized spacial score (nSPS) is 17.3. The van der Waals surface area contributed by atoms with Gasteiger partial charge in [-0.3, -0.25) is 14.5 Å². The van der Waals surface area contributed by atoms with Crippen molar-refractivity contribution in [2.75, 3.05) is 39.3 Å². The van der Waals surface area contributed by atoms with Gasteiger partial charge in [0.2, 0.25) is 0 Å². The zero-order chi connectivity index (χ0) is 20.4. The summed E-state index contributed by atoms with van der Waals surface area (Å²) in [5.41, 5.74) is 1.55. The zero-order valence-electron chi connectivity index (χ0n) is 16.7. The molecule has 0 bridgehead atoms. The minimum atomic E-state index is -0.348. The van der Waals surface area contributed by atoms with Gasteiger partial charge in [-0.15, -0.1) is 11.3 Å². The number of halogens is 1. The minimum Gasteiger partial charge on any atom is -0.335 e. The summed E-state index contributed by atoms with van der Waals surface area (Å²) >= 11 is 1.57. The molecule has 1 aromatic heterocycles. The van der Waals surface area contributed by atoms with Gasteiger partial charge >= 0.3 is 0 Å². The first-order chi connectivity index (χ1) is 14.0. The Hall–Kier alpha value is -2.25. The number of fused-ring (bicyclic) bond motifs is 1. The zero-order valence-corrected chi connectivity index (χ0v) is 17.5. The van der Waals surface area contributed by atoms with Gasteiger partial charge in [0, 0.05) is 49.7 Å². The molecule has 1 fully saturated rings. The highest BCUT2D eigenvalue weighted by atomic mass is 32.1. The average Bonchev–Trinajstić information content (AvgIpc) is 3.17. The van der Waals surface area contributed by atoms with Crippen LogP contribution in [-0.2, 0) is 13.0 Å². The topological polar surface area (TPSA) is 43.9 Å². The van der Waals surface area contributed by atoms with Crippen molar-refractivity contribution in [3.63, 3.8) is 0 Å². The van der Waals surface area contributed by atoms with E-state index in [2.05, 4.69) is 11.8 Å². The Balaban J connectivity index is 1.41. The van der Waals surface area contributed by atoms with Crippen molar-refractivity contribution in [1.82, 2.24) is 14.7 Å². The van der Waals surface area contributed by atoms with Gasteiger partial charge in [0.05, 0.1) is 4.88 Å². The third-order valence-electron chi connectivity index (χ3n) is 5.66. The smallest absolute Gasteiger partial charge is 0.264 e. The number of piperazine rings is 1.